The number of benzene rings is 1. The molecule has 7 heteroatoms. The highest BCUT2D eigenvalue weighted by Gasteiger charge is 2.11. The molecule has 1 aromatic carbocycles. The zero-order chi connectivity index (χ0) is 12.4. The van der Waals surface area contributed by atoms with E-state index in [4.69, 9.17) is 10.8 Å². The van der Waals surface area contributed by atoms with Gasteiger partial charge in [0.15, 0.2) is 5.82 Å². The van der Waals surface area contributed by atoms with Gasteiger partial charge in [0, 0.05) is 6.42 Å². The quantitative estimate of drug-likeness (QED) is 0.748. The standard InChI is InChI=1S/C10H11N5O2/c1-2-9-12-13-14-15(9)8-4-3-6(10(16)17)5-7(8)11/h3-5H,2,11H2,1H3,(H,16,17). The van der Waals surface area contributed by atoms with Crippen molar-refractivity contribution in [1.82, 2.24) is 20.2 Å². The third-order valence-corrected chi connectivity index (χ3v) is 2.35. The summed E-state index contributed by atoms with van der Waals surface area (Å²) < 4.78 is 1.50. The molecule has 0 aliphatic carbocycles. The van der Waals surface area contributed by atoms with Crippen LogP contribution in [0.4, 0.5) is 5.69 Å². The highest BCUT2D eigenvalue weighted by atomic mass is 16.4. The zero-order valence-electron chi connectivity index (χ0n) is 9.16. The van der Waals surface area contributed by atoms with Crippen LogP contribution in [0.15, 0.2) is 18.2 Å². The van der Waals surface area contributed by atoms with Crippen molar-refractivity contribution in [3.05, 3.63) is 29.6 Å². The van der Waals surface area contributed by atoms with Gasteiger partial charge in [0.1, 0.15) is 0 Å². The van der Waals surface area contributed by atoms with Gasteiger partial charge in [-0.25, -0.2) is 4.79 Å². The summed E-state index contributed by atoms with van der Waals surface area (Å²) >= 11 is 0. The molecule has 3 N–H and O–H groups in total. The Hall–Kier alpha value is -2.44. The fraction of sp³-hybridized carbons (Fsp3) is 0.200. The van der Waals surface area contributed by atoms with Crippen molar-refractivity contribution in [1.29, 1.82) is 0 Å². The number of carboxylic acid groups (broad SMARTS) is 1. The minimum atomic E-state index is -1.02. The maximum Gasteiger partial charge on any atom is 0.335 e. The summed E-state index contributed by atoms with van der Waals surface area (Å²) in [6.07, 6.45) is 0.660. The van der Waals surface area contributed by atoms with E-state index in [-0.39, 0.29) is 5.56 Å². The molecule has 1 heterocycles. The van der Waals surface area contributed by atoms with Crippen molar-refractivity contribution in [3.63, 3.8) is 0 Å². The molecule has 0 aliphatic heterocycles. The van der Waals surface area contributed by atoms with Crippen LogP contribution in [0, 0.1) is 0 Å². The summed E-state index contributed by atoms with van der Waals surface area (Å²) in [6.45, 7) is 1.92. The van der Waals surface area contributed by atoms with Crippen molar-refractivity contribution in [2.24, 2.45) is 0 Å². The number of aromatic nitrogens is 4. The number of carbonyl (C=O) groups is 1. The SMILES string of the molecule is CCc1nnnn1-c1ccc(C(=O)O)cc1N. The first-order valence-electron chi connectivity index (χ1n) is 5.04. The number of nitrogen functional groups attached to an aromatic ring is 1. The van der Waals surface area contributed by atoms with E-state index < -0.39 is 5.97 Å². The summed E-state index contributed by atoms with van der Waals surface area (Å²) in [5.41, 5.74) is 6.84. The normalized spacial score (nSPS) is 10.4. The molecule has 2 rings (SSSR count). The molecule has 7 nitrogen and oxygen atoms in total. The number of nitrogens with two attached hydrogens (primary N) is 1. The largest absolute Gasteiger partial charge is 0.478 e. The lowest BCUT2D eigenvalue weighted by atomic mass is 10.1. The molecule has 0 bridgehead atoms. The Kier molecular flexibility index (Phi) is 2.73. The summed E-state index contributed by atoms with van der Waals surface area (Å²) in [6, 6.07) is 4.45. The zero-order valence-corrected chi connectivity index (χ0v) is 9.16. The van der Waals surface area contributed by atoms with Gasteiger partial charge in [0.25, 0.3) is 0 Å². The lowest BCUT2D eigenvalue weighted by Crippen LogP contribution is -2.07. The van der Waals surface area contributed by atoms with Crippen molar-refractivity contribution in [3.8, 4) is 5.69 Å². The minimum Gasteiger partial charge on any atom is -0.478 e. The van der Waals surface area contributed by atoms with Crippen LogP contribution in [0.5, 0.6) is 0 Å². The smallest absolute Gasteiger partial charge is 0.335 e. The van der Waals surface area contributed by atoms with E-state index in [0.717, 1.165) is 0 Å². The van der Waals surface area contributed by atoms with E-state index in [1.54, 1.807) is 6.07 Å². The van der Waals surface area contributed by atoms with Gasteiger partial charge in [-0.1, -0.05) is 6.92 Å². The lowest BCUT2D eigenvalue weighted by Gasteiger charge is -2.07. The Labute approximate surface area is 96.9 Å². The predicted octanol–water partition coefficient (Wildman–Crippen LogP) is 0.505. The van der Waals surface area contributed by atoms with Gasteiger partial charge in [0.05, 0.1) is 16.9 Å². The van der Waals surface area contributed by atoms with Gasteiger partial charge in [-0.3, -0.25) is 0 Å². The monoisotopic (exact) mass is 233 g/mol. The number of aromatic carboxylic acids is 1. The molecule has 0 atom stereocenters. The van der Waals surface area contributed by atoms with Crippen molar-refractivity contribution in [2.75, 3.05) is 5.73 Å². The average molecular weight is 233 g/mol. The summed E-state index contributed by atoms with van der Waals surface area (Å²) in [5, 5.41) is 20.0. The van der Waals surface area contributed by atoms with E-state index in [1.807, 2.05) is 6.92 Å². The van der Waals surface area contributed by atoms with Crippen LogP contribution in [0.1, 0.15) is 23.1 Å². The second kappa shape index (κ2) is 4.20. The van der Waals surface area contributed by atoms with Crippen molar-refractivity contribution < 1.29 is 9.90 Å². The number of hydrogen-bond donors (Lipinski definition) is 2. The second-order valence-electron chi connectivity index (χ2n) is 3.44. The first-order valence-corrected chi connectivity index (χ1v) is 5.04. The maximum atomic E-state index is 10.8. The molecule has 0 amide bonds. The molecule has 0 spiro atoms. The third kappa shape index (κ3) is 1.94. The van der Waals surface area contributed by atoms with E-state index in [1.165, 1.54) is 16.8 Å². The number of carboxylic acids is 1. The minimum absolute atomic E-state index is 0.136. The molecular formula is C10H11N5O2. The van der Waals surface area contributed by atoms with Crippen LogP contribution in [-0.2, 0) is 6.42 Å². The molecule has 0 fully saturated rings. The number of anilines is 1. The fourth-order valence-corrected chi connectivity index (χ4v) is 1.49. The Bertz CT molecular complexity index is 564. The summed E-state index contributed by atoms with van der Waals surface area (Å²) in [5.74, 6) is -0.351. The highest BCUT2D eigenvalue weighted by Crippen LogP contribution is 2.19. The average Bonchev–Trinajstić information content (AvgIpc) is 2.76. The topological polar surface area (TPSA) is 107 Å². The number of nitrogens with zero attached hydrogens (tertiary/aromatic N) is 4. The Morgan fingerprint density at radius 2 is 2.29 bits per heavy atom. The van der Waals surface area contributed by atoms with Crippen LogP contribution < -0.4 is 5.73 Å². The van der Waals surface area contributed by atoms with Gasteiger partial charge in [-0.2, -0.15) is 4.68 Å². The molecule has 0 saturated carbocycles. The molecule has 0 unspecified atom stereocenters. The number of tetrazole rings is 1. The number of hydrogen-bond acceptors (Lipinski definition) is 5. The molecule has 88 valence electrons. The van der Waals surface area contributed by atoms with Crippen LogP contribution in [0.25, 0.3) is 5.69 Å². The predicted molar refractivity (Wildman–Crippen MR) is 59.9 cm³/mol. The second-order valence-corrected chi connectivity index (χ2v) is 3.44. The maximum absolute atomic E-state index is 10.8. The van der Waals surface area contributed by atoms with Gasteiger partial charge < -0.3 is 10.8 Å². The molecule has 1 aromatic heterocycles. The summed E-state index contributed by atoms with van der Waals surface area (Å²) in [4.78, 5) is 10.8. The highest BCUT2D eigenvalue weighted by molar-refractivity contribution is 5.89. The van der Waals surface area contributed by atoms with E-state index in [9.17, 15) is 4.79 Å². The van der Waals surface area contributed by atoms with Crippen molar-refractivity contribution >= 4 is 11.7 Å². The van der Waals surface area contributed by atoms with Crippen LogP contribution in [0.3, 0.4) is 0 Å². The lowest BCUT2D eigenvalue weighted by molar-refractivity contribution is 0.0697. The van der Waals surface area contributed by atoms with Crippen LogP contribution in [0.2, 0.25) is 0 Å². The van der Waals surface area contributed by atoms with Gasteiger partial charge >= 0.3 is 5.97 Å². The van der Waals surface area contributed by atoms with Crippen molar-refractivity contribution in [2.45, 2.75) is 13.3 Å². The molecular weight excluding hydrogens is 222 g/mol. The molecule has 0 radical (unpaired) electrons. The molecule has 0 aliphatic rings. The van der Waals surface area contributed by atoms with Gasteiger partial charge in [0.2, 0.25) is 0 Å². The fourth-order valence-electron chi connectivity index (χ4n) is 1.49. The number of aryl methyl sites for hydroxylation is 1. The first kappa shape index (κ1) is 11.1. The number of rotatable bonds is 3. The molecule has 2 aromatic rings. The van der Waals surface area contributed by atoms with E-state index in [2.05, 4.69) is 15.5 Å². The Morgan fingerprint density at radius 3 is 2.88 bits per heavy atom. The molecule has 17 heavy (non-hydrogen) atoms. The van der Waals surface area contributed by atoms with Gasteiger partial charge in [-0.15, -0.1) is 5.10 Å². The van der Waals surface area contributed by atoms with E-state index >= 15 is 0 Å². The van der Waals surface area contributed by atoms with Gasteiger partial charge in [-0.05, 0) is 28.6 Å². The van der Waals surface area contributed by atoms with Crippen LogP contribution in [-0.4, -0.2) is 31.3 Å². The first-order chi connectivity index (χ1) is 8.13. The van der Waals surface area contributed by atoms with Crippen LogP contribution >= 0.6 is 0 Å². The Morgan fingerprint density at radius 1 is 1.53 bits per heavy atom. The summed E-state index contributed by atoms with van der Waals surface area (Å²) in [7, 11) is 0. The Balaban J connectivity index is 2.50. The van der Waals surface area contributed by atoms with E-state index in [0.29, 0.717) is 23.6 Å². The molecule has 0 saturated heterocycles. The third-order valence-electron chi connectivity index (χ3n) is 2.35.